The van der Waals surface area contributed by atoms with Crippen molar-refractivity contribution in [3.8, 4) is 0 Å². The van der Waals surface area contributed by atoms with Gasteiger partial charge in [0.2, 0.25) is 17.7 Å². The maximum absolute atomic E-state index is 12.4. The van der Waals surface area contributed by atoms with Gasteiger partial charge in [-0.1, -0.05) is 23.7 Å². The lowest BCUT2D eigenvalue weighted by Crippen LogP contribution is -2.21. The second-order valence-corrected chi connectivity index (χ2v) is 7.01. The van der Waals surface area contributed by atoms with E-state index in [1.807, 2.05) is 6.92 Å². The molecule has 0 aliphatic heterocycles. The molecule has 3 N–H and O–H groups in total. The van der Waals surface area contributed by atoms with Crippen LogP contribution in [0.25, 0.3) is 0 Å². The van der Waals surface area contributed by atoms with Crippen molar-refractivity contribution in [2.45, 2.75) is 20.3 Å². The molecule has 2 aromatic rings. The van der Waals surface area contributed by atoms with E-state index in [2.05, 4.69) is 16.0 Å². The van der Waals surface area contributed by atoms with E-state index >= 15 is 0 Å². The summed E-state index contributed by atoms with van der Waals surface area (Å²) in [6.45, 7) is 3.25. The minimum Gasteiger partial charge on any atom is -0.326 e. The van der Waals surface area contributed by atoms with Gasteiger partial charge in [-0.3, -0.25) is 14.4 Å². The number of halogens is 1. The summed E-state index contributed by atoms with van der Waals surface area (Å²) in [5.74, 6) is -1.31. The number of carbonyl (C=O) groups excluding carboxylic acids is 3. The van der Waals surface area contributed by atoms with Crippen LogP contribution >= 0.6 is 11.6 Å². The molecule has 3 amide bonds. The van der Waals surface area contributed by atoms with Gasteiger partial charge in [0.05, 0.1) is 11.8 Å². The molecule has 0 saturated heterocycles. The Morgan fingerprint density at radius 1 is 0.926 bits per heavy atom. The van der Waals surface area contributed by atoms with Crippen molar-refractivity contribution in [1.29, 1.82) is 0 Å². The van der Waals surface area contributed by atoms with Crippen LogP contribution in [0.3, 0.4) is 0 Å². The SMILES string of the molecule is CC(=O)Nc1cccc(NC(=O)C2CC2C(=O)Nc2cccc(Cl)c2C)c1. The number of carbonyl (C=O) groups is 3. The fourth-order valence-corrected chi connectivity index (χ4v) is 3.03. The van der Waals surface area contributed by atoms with E-state index in [4.69, 9.17) is 11.6 Å². The number of hydrogen-bond donors (Lipinski definition) is 3. The van der Waals surface area contributed by atoms with Crippen LogP contribution in [0.4, 0.5) is 17.1 Å². The number of anilines is 3. The highest BCUT2D eigenvalue weighted by molar-refractivity contribution is 6.31. The average molecular weight is 386 g/mol. The molecule has 1 fully saturated rings. The predicted molar refractivity (Wildman–Crippen MR) is 106 cm³/mol. The largest absolute Gasteiger partial charge is 0.326 e. The topological polar surface area (TPSA) is 87.3 Å². The van der Waals surface area contributed by atoms with Crippen molar-refractivity contribution in [2.75, 3.05) is 16.0 Å². The first kappa shape index (κ1) is 18.9. The molecule has 0 heterocycles. The molecule has 6 nitrogen and oxygen atoms in total. The molecule has 1 aliphatic carbocycles. The third-order valence-electron chi connectivity index (χ3n) is 4.44. The highest BCUT2D eigenvalue weighted by Gasteiger charge is 2.48. The summed E-state index contributed by atoms with van der Waals surface area (Å²) < 4.78 is 0. The van der Waals surface area contributed by atoms with E-state index in [-0.39, 0.29) is 29.6 Å². The van der Waals surface area contributed by atoms with Gasteiger partial charge >= 0.3 is 0 Å². The molecule has 2 unspecified atom stereocenters. The Morgan fingerprint density at radius 2 is 1.52 bits per heavy atom. The molecule has 0 aromatic heterocycles. The summed E-state index contributed by atoms with van der Waals surface area (Å²) in [4.78, 5) is 35.9. The lowest BCUT2D eigenvalue weighted by molar-refractivity contribution is -0.122. The third-order valence-corrected chi connectivity index (χ3v) is 4.85. The number of amides is 3. The fourth-order valence-electron chi connectivity index (χ4n) is 2.86. The highest BCUT2D eigenvalue weighted by atomic mass is 35.5. The predicted octanol–water partition coefficient (Wildman–Crippen LogP) is 3.82. The first-order valence-electron chi connectivity index (χ1n) is 8.59. The van der Waals surface area contributed by atoms with Gasteiger partial charge in [0, 0.05) is 29.0 Å². The normalized spacial score (nSPS) is 17.7. The molecule has 1 saturated carbocycles. The van der Waals surface area contributed by atoms with Gasteiger partial charge < -0.3 is 16.0 Å². The minimum atomic E-state index is -0.367. The number of hydrogen-bond acceptors (Lipinski definition) is 3. The Hall–Kier alpha value is -2.86. The Labute approximate surface area is 162 Å². The number of benzene rings is 2. The van der Waals surface area contributed by atoms with Gasteiger partial charge in [-0.05, 0) is 49.2 Å². The first-order chi connectivity index (χ1) is 12.8. The quantitative estimate of drug-likeness (QED) is 0.731. The van der Waals surface area contributed by atoms with Gasteiger partial charge in [0.25, 0.3) is 0 Å². The molecule has 2 atom stereocenters. The molecule has 7 heteroatoms. The van der Waals surface area contributed by atoms with Crippen LogP contribution in [-0.2, 0) is 14.4 Å². The monoisotopic (exact) mass is 385 g/mol. The second-order valence-electron chi connectivity index (χ2n) is 6.60. The fraction of sp³-hybridized carbons (Fsp3) is 0.250. The van der Waals surface area contributed by atoms with E-state index in [1.165, 1.54) is 6.92 Å². The van der Waals surface area contributed by atoms with E-state index < -0.39 is 0 Å². The van der Waals surface area contributed by atoms with Gasteiger partial charge in [0.1, 0.15) is 0 Å². The summed E-state index contributed by atoms with van der Waals surface area (Å²) in [5.41, 5.74) is 2.62. The third kappa shape index (κ3) is 4.65. The van der Waals surface area contributed by atoms with Gasteiger partial charge in [0.15, 0.2) is 0 Å². The zero-order chi connectivity index (χ0) is 19.6. The van der Waals surface area contributed by atoms with Crippen LogP contribution in [0.5, 0.6) is 0 Å². The van der Waals surface area contributed by atoms with Crippen LogP contribution in [-0.4, -0.2) is 17.7 Å². The Morgan fingerprint density at radius 3 is 2.19 bits per heavy atom. The minimum absolute atomic E-state index is 0.186. The van der Waals surface area contributed by atoms with E-state index in [0.29, 0.717) is 28.5 Å². The summed E-state index contributed by atoms with van der Waals surface area (Å²) >= 11 is 6.06. The van der Waals surface area contributed by atoms with Crippen molar-refractivity contribution in [2.24, 2.45) is 11.8 Å². The Bertz CT molecular complexity index is 913. The Kier molecular flexibility index (Phi) is 5.46. The number of rotatable bonds is 5. The summed E-state index contributed by atoms with van der Waals surface area (Å²) in [5, 5.41) is 8.88. The van der Waals surface area contributed by atoms with E-state index in [1.54, 1.807) is 42.5 Å². The number of nitrogens with one attached hydrogen (secondary N) is 3. The van der Waals surface area contributed by atoms with Crippen molar-refractivity contribution in [3.63, 3.8) is 0 Å². The molecule has 140 valence electrons. The lowest BCUT2D eigenvalue weighted by atomic mass is 10.2. The zero-order valence-electron chi connectivity index (χ0n) is 15.0. The molecular formula is C20H20ClN3O3. The highest BCUT2D eigenvalue weighted by Crippen LogP contribution is 2.40. The molecule has 0 spiro atoms. The van der Waals surface area contributed by atoms with Crippen LogP contribution in [0.2, 0.25) is 5.02 Å². The maximum atomic E-state index is 12.4. The molecule has 3 rings (SSSR count). The van der Waals surface area contributed by atoms with Crippen molar-refractivity contribution < 1.29 is 14.4 Å². The second kappa shape index (κ2) is 7.80. The van der Waals surface area contributed by atoms with Crippen molar-refractivity contribution in [3.05, 3.63) is 53.1 Å². The molecule has 0 radical (unpaired) electrons. The smallest absolute Gasteiger partial charge is 0.228 e. The van der Waals surface area contributed by atoms with Crippen molar-refractivity contribution >= 4 is 46.4 Å². The molecule has 2 aromatic carbocycles. The van der Waals surface area contributed by atoms with E-state index in [0.717, 1.165) is 5.56 Å². The molecular weight excluding hydrogens is 366 g/mol. The van der Waals surface area contributed by atoms with Gasteiger partial charge in [-0.15, -0.1) is 0 Å². The first-order valence-corrected chi connectivity index (χ1v) is 8.97. The molecule has 1 aliphatic rings. The molecule has 0 bridgehead atoms. The summed E-state index contributed by atoms with van der Waals surface area (Å²) in [7, 11) is 0. The van der Waals surface area contributed by atoms with Gasteiger partial charge in [-0.25, -0.2) is 0 Å². The van der Waals surface area contributed by atoms with E-state index in [9.17, 15) is 14.4 Å². The van der Waals surface area contributed by atoms with Gasteiger partial charge in [-0.2, -0.15) is 0 Å². The zero-order valence-corrected chi connectivity index (χ0v) is 15.8. The van der Waals surface area contributed by atoms with Crippen LogP contribution in [0.15, 0.2) is 42.5 Å². The van der Waals surface area contributed by atoms with Crippen LogP contribution in [0.1, 0.15) is 18.9 Å². The summed E-state index contributed by atoms with van der Waals surface area (Å²) in [6, 6.07) is 12.2. The average Bonchev–Trinajstić information content (AvgIpc) is 3.39. The van der Waals surface area contributed by atoms with Crippen LogP contribution < -0.4 is 16.0 Å². The summed E-state index contributed by atoms with van der Waals surface area (Å²) in [6.07, 6.45) is 0.503. The Balaban J connectivity index is 1.58. The lowest BCUT2D eigenvalue weighted by Gasteiger charge is -2.10. The standard InChI is InChI=1S/C20H20ClN3O3/c1-11-17(21)7-4-8-18(11)24-20(27)16-10-15(16)19(26)23-14-6-3-5-13(9-14)22-12(2)25/h3-9,15-16H,10H2,1-2H3,(H,22,25)(H,23,26)(H,24,27). The van der Waals surface area contributed by atoms with Crippen molar-refractivity contribution in [1.82, 2.24) is 0 Å². The maximum Gasteiger partial charge on any atom is 0.228 e. The molecule has 27 heavy (non-hydrogen) atoms. The van der Waals surface area contributed by atoms with Crippen LogP contribution in [0, 0.1) is 18.8 Å².